The minimum Gasteiger partial charge on any atom is -0.490 e. The quantitative estimate of drug-likeness (QED) is 0.231. The molecule has 0 heterocycles. The number of hydrogen-bond acceptors (Lipinski definition) is 4. The number of amides is 2. The molecule has 1 saturated carbocycles. The zero-order chi connectivity index (χ0) is 29.7. The van der Waals surface area contributed by atoms with Crippen LogP contribution in [0.2, 0.25) is 0 Å². The number of hydrogen-bond donors (Lipinski definition) is 1. The van der Waals surface area contributed by atoms with E-state index >= 15 is 0 Å². The van der Waals surface area contributed by atoms with Crippen LogP contribution in [0.25, 0.3) is 0 Å². The van der Waals surface area contributed by atoms with Crippen LogP contribution in [0.5, 0.6) is 11.5 Å². The van der Waals surface area contributed by atoms with Crippen LogP contribution < -0.4 is 14.8 Å². The molecule has 224 valence electrons. The lowest BCUT2D eigenvalue weighted by Gasteiger charge is -2.33. The van der Waals surface area contributed by atoms with Crippen LogP contribution in [0.15, 0.2) is 72.8 Å². The SMILES string of the molecule is CCOc1ccc(CCC(=O)N(Cc2ccc(C)cc2)[C@H](Cc2ccccc2)C(=O)NC2CCCCC2)cc1OCC. The van der Waals surface area contributed by atoms with E-state index in [0.29, 0.717) is 44.1 Å². The van der Waals surface area contributed by atoms with E-state index in [0.717, 1.165) is 47.9 Å². The summed E-state index contributed by atoms with van der Waals surface area (Å²) in [5.41, 5.74) is 4.21. The highest BCUT2D eigenvalue weighted by Crippen LogP contribution is 2.29. The summed E-state index contributed by atoms with van der Waals surface area (Å²) in [6.45, 7) is 7.40. The summed E-state index contributed by atoms with van der Waals surface area (Å²) in [6, 6.07) is 23.6. The molecule has 0 bridgehead atoms. The van der Waals surface area contributed by atoms with Gasteiger partial charge in [-0.1, -0.05) is 85.5 Å². The predicted octanol–water partition coefficient (Wildman–Crippen LogP) is 6.81. The zero-order valence-electron chi connectivity index (χ0n) is 25.4. The summed E-state index contributed by atoms with van der Waals surface area (Å²) in [7, 11) is 0. The molecule has 0 aromatic heterocycles. The van der Waals surface area contributed by atoms with Crippen LogP contribution in [-0.4, -0.2) is 42.0 Å². The molecule has 6 heteroatoms. The Hall–Kier alpha value is -3.80. The standard InChI is InChI=1S/C36H46N2O4/c1-4-41-33-22-20-29(25-34(33)42-5-2)21-23-35(39)38(26-30-18-16-27(3)17-19-30)32(24-28-12-8-6-9-13-28)36(40)37-31-14-10-7-11-15-31/h6,8-9,12-13,16-20,22,25,31-32H,4-5,7,10-11,14-15,21,23-24,26H2,1-3H3,(H,37,40)/t32-/m1/s1. The van der Waals surface area contributed by atoms with E-state index < -0.39 is 6.04 Å². The van der Waals surface area contributed by atoms with E-state index in [1.807, 2.05) is 62.4 Å². The van der Waals surface area contributed by atoms with Crippen molar-refractivity contribution in [3.8, 4) is 11.5 Å². The Morgan fingerprint density at radius 3 is 2.19 bits per heavy atom. The first-order valence-electron chi connectivity index (χ1n) is 15.5. The first kappa shape index (κ1) is 31.1. The Morgan fingerprint density at radius 1 is 0.833 bits per heavy atom. The fourth-order valence-corrected chi connectivity index (χ4v) is 5.63. The summed E-state index contributed by atoms with van der Waals surface area (Å²) < 4.78 is 11.5. The van der Waals surface area contributed by atoms with Crippen molar-refractivity contribution in [2.75, 3.05) is 13.2 Å². The van der Waals surface area contributed by atoms with E-state index in [2.05, 4.69) is 36.5 Å². The van der Waals surface area contributed by atoms with E-state index in [1.165, 1.54) is 6.42 Å². The molecule has 1 fully saturated rings. The molecule has 1 aliphatic carbocycles. The third kappa shape index (κ3) is 9.10. The number of nitrogens with zero attached hydrogens (tertiary/aromatic N) is 1. The van der Waals surface area contributed by atoms with Crippen LogP contribution in [0.3, 0.4) is 0 Å². The van der Waals surface area contributed by atoms with Gasteiger partial charge in [-0.15, -0.1) is 0 Å². The van der Waals surface area contributed by atoms with Crippen molar-refractivity contribution in [2.24, 2.45) is 0 Å². The zero-order valence-corrected chi connectivity index (χ0v) is 25.4. The topological polar surface area (TPSA) is 67.9 Å². The van der Waals surface area contributed by atoms with Gasteiger partial charge in [0, 0.05) is 25.4 Å². The average molecular weight is 571 g/mol. The number of benzene rings is 3. The summed E-state index contributed by atoms with van der Waals surface area (Å²) in [5.74, 6) is 1.29. The van der Waals surface area contributed by atoms with E-state index in [1.54, 1.807) is 4.90 Å². The lowest BCUT2D eigenvalue weighted by atomic mass is 9.94. The van der Waals surface area contributed by atoms with Crippen molar-refractivity contribution in [3.05, 3.63) is 95.1 Å². The summed E-state index contributed by atoms with van der Waals surface area (Å²) in [6.07, 6.45) is 6.76. The number of rotatable bonds is 14. The van der Waals surface area contributed by atoms with Gasteiger partial charge in [-0.3, -0.25) is 9.59 Å². The molecule has 6 nitrogen and oxygen atoms in total. The van der Waals surface area contributed by atoms with Gasteiger partial charge in [0.1, 0.15) is 6.04 Å². The second kappa shape index (κ2) is 16.0. The molecule has 1 N–H and O–H groups in total. The largest absolute Gasteiger partial charge is 0.490 e. The number of carbonyl (C=O) groups is 2. The highest BCUT2D eigenvalue weighted by Gasteiger charge is 2.31. The van der Waals surface area contributed by atoms with Crippen molar-refractivity contribution in [1.82, 2.24) is 10.2 Å². The van der Waals surface area contributed by atoms with Crippen molar-refractivity contribution in [3.63, 3.8) is 0 Å². The smallest absolute Gasteiger partial charge is 0.243 e. The van der Waals surface area contributed by atoms with Crippen LogP contribution in [0.4, 0.5) is 0 Å². The summed E-state index contributed by atoms with van der Waals surface area (Å²) >= 11 is 0. The highest BCUT2D eigenvalue weighted by atomic mass is 16.5. The molecule has 0 radical (unpaired) electrons. The molecular formula is C36H46N2O4. The van der Waals surface area contributed by atoms with Gasteiger partial charge in [0.15, 0.2) is 11.5 Å². The minimum absolute atomic E-state index is 0.0397. The first-order valence-corrected chi connectivity index (χ1v) is 15.5. The van der Waals surface area contributed by atoms with Gasteiger partial charge in [-0.25, -0.2) is 0 Å². The van der Waals surface area contributed by atoms with E-state index in [9.17, 15) is 9.59 Å². The van der Waals surface area contributed by atoms with Crippen LogP contribution >= 0.6 is 0 Å². The van der Waals surface area contributed by atoms with Crippen LogP contribution in [-0.2, 0) is 29.0 Å². The number of ether oxygens (including phenoxy) is 2. The molecule has 1 atom stereocenters. The maximum Gasteiger partial charge on any atom is 0.243 e. The molecule has 0 saturated heterocycles. The monoisotopic (exact) mass is 570 g/mol. The highest BCUT2D eigenvalue weighted by molar-refractivity contribution is 5.88. The Morgan fingerprint density at radius 2 is 1.50 bits per heavy atom. The summed E-state index contributed by atoms with van der Waals surface area (Å²) in [4.78, 5) is 29.8. The predicted molar refractivity (Wildman–Crippen MR) is 168 cm³/mol. The van der Waals surface area contributed by atoms with E-state index in [-0.39, 0.29) is 24.3 Å². The molecule has 0 aliphatic heterocycles. The second-order valence-electron chi connectivity index (χ2n) is 11.2. The fourth-order valence-electron chi connectivity index (χ4n) is 5.63. The molecule has 3 aromatic carbocycles. The minimum atomic E-state index is -0.609. The van der Waals surface area contributed by atoms with Gasteiger partial charge in [0.2, 0.25) is 11.8 Å². The molecule has 4 rings (SSSR count). The van der Waals surface area contributed by atoms with E-state index in [4.69, 9.17) is 9.47 Å². The molecule has 0 unspecified atom stereocenters. The van der Waals surface area contributed by atoms with Gasteiger partial charge in [0.25, 0.3) is 0 Å². The fraction of sp³-hybridized carbons (Fsp3) is 0.444. The third-order valence-corrected chi connectivity index (χ3v) is 7.93. The van der Waals surface area contributed by atoms with Gasteiger partial charge >= 0.3 is 0 Å². The van der Waals surface area contributed by atoms with Crippen molar-refractivity contribution in [1.29, 1.82) is 0 Å². The van der Waals surface area contributed by atoms with Crippen LogP contribution in [0.1, 0.15) is 74.6 Å². The van der Waals surface area contributed by atoms with Gasteiger partial charge < -0.3 is 19.7 Å². The summed E-state index contributed by atoms with van der Waals surface area (Å²) in [5, 5.41) is 3.32. The Kier molecular flexibility index (Phi) is 11.9. The van der Waals surface area contributed by atoms with Crippen LogP contribution in [0, 0.1) is 6.92 Å². The lowest BCUT2D eigenvalue weighted by Crippen LogP contribution is -2.52. The Bertz CT molecular complexity index is 1270. The van der Waals surface area contributed by atoms with Gasteiger partial charge in [-0.2, -0.15) is 0 Å². The van der Waals surface area contributed by atoms with Crippen molar-refractivity contribution >= 4 is 11.8 Å². The average Bonchev–Trinajstić information content (AvgIpc) is 3.01. The number of nitrogens with one attached hydrogen (secondary N) is 1. The molecule has 2 amide bonds. The van der Waals surface area contributed by atoms with Gasteiger partial charge in [0.05, 0.1) is 13.2 Å². The molecule has 0 spiro atoms. The maximum atomic E-state index is 14.1. The number of aryl methyl sites for hydroxylation is 2. The third-order valence-electron chi connectivity index (χ3n) is 7.93. The molecule has 1 aliphatic rings. The molecule has 3 aromatic rings. The van der Waals surface area contributed by atoms with Crippen molar-refractivity contribution < 1.29 is 19.1 Å². The Labute approximate surface area is 251 Å². The first-order chi connectivity index (χ1) is 20.5. The number of carbonyl (C=O) groups excluding carboxylic acids is 2. The van der Waals surface area contributed by atoms with Crippen molar-refractivity contribution in [2.45, 2.75) is 90.8 Å². The molecule has 42 heavy (non-hydrogen) atoms. The lowest BCUT2D eigenvalue weighted by molar-refractivity contribution is -0.141. The second-order valence-corrected chi connectivity index (χ2v) is 11.2. The molecular weight excluding hydrogens is 524 g/mol. The van der Waals surface area contributed by atoms with Gasteiger partial charge in [-0.05, 0) is 68.9 Å². The maximum absolute atomic E-state index is 14.1. The normalized spacial score (nSPS) is 14.2. The Balaban J connectivity index is 1.59.